The van der Waals surface area contributed by atoms with E-state index in [-0.39, 0.29) is 6.04 Å². The molecule has 2 aliphatic heterocycles. The van der Waals surface area contributed by atoms with Gasteiger partial charge in [-0.15, -0.1) is 0 Å². The first-order valence-corrected chi connectivity index (χ1v) is 11.2. The van der Waals surface area contributed by atoms with E-state index in [2.05, 4.69) is 27.1 Å². The van der Waals surface area contributed by atoms with Crippen molar-refractivity contribution in [2.24, 2.45) is 17.8 Å². The van der Waals surface area contributed by atoms with Crippen molar-refractivity contribution in [2.75, 3.05) is 13.6 Å². The van der Waals surface area contributed by atoms with E-state index >= 15 is 0 Å². The lowest BCUT2D eigenvalue weighted by atomic mass is 9.89. The molecular weight excluding hydrogens is 412 g/mol. The van der Waals surface area contributed by atoms with Gasteiger partial charge in [-0.2, -0.15) is 0 Å². The summed E-state index contributed by atoms with van der Waals surface area (Å²) < 4.78 is 8.33. The Kier molecular flexibility index (Phi) is 5.63. The molecule has 2 unspecified atom stereocenters. The molecule has 3 N–H and O–H groups in total. The number of imidazole rings is 1. The number of para-hydroxylation sites is 1. The van der Waals surface area contributed by atoms with Crippen LogP contribution in [0.5, 0.6) is 11.5 Å². The number of benzene rings is 2. The van der Waals surface area contributed by atoms with Crippen LogP contribution < -0.4 is 15.8 Å². The quantitative estimate of drug-likeness (QED) is 0.610. The van der Waals surface area contributed by atoms with Crippen LogP contribution in [-0.2, 0) is 12.7 Å². The predicted octanol–water partition coefficient (Wildman–Crippen LogP) is 3.48. The number of likely N-dealkylation sites (N-methyl/N-ethyl adjacent to an activating group) is 1. The number of hydrogen-bond acceptors (Lipinski definition) is 6. The minimum absolute atomic E-state index is 0.178. The fourth-order valence-corrected chi connectivity index (χ4v) is 4.37. The molecule has 33 heavy (non-hydrogen) atoms. The standard InChI is InChI=1S/C26H28N6O/c1-31-18-30-23-15-21(12-13-24(23)31)33-25-9-4-3-8-22(25)26(27)19(16-28-17-32(26)2)10-11-20-7-5-6-14-29-20/h3-4,8-9,12-13,15-18,20,29H,5-7,14,27H2,1-2H3. The number of fused-ring (bicyclic) bond motifs is 1. The lowest BCUT2D eigenvalue weighted by molar-refractivity contribution is 0.266. The molecule has 0 saturated carbocycles. The van der Waals surface area contributed by atoms with Gasteiger partial charge in [-0.25, -0.2) is 9.98 Å². The molecule has 0 amide bonds. The van der Waals surface area contributed by atoms with Crippen molar-refractivity contribution in [3.8, 4) is 23.3 Å². The number of hydrogen-bond donors (Lipinski definition) is 2. The number of aryl methyl sites for hydroxylation is 1. The Bertz CT molecular complexity index is 1290. The molecule has 1 fully saturated rings. The molecule has 0 aliphatic carbocycles. The summed E-state index contributed by atoms with van der Waals surface area (Å²) in [7, 11) is 3.88. The van der Waals surface area contributed by atoms with E-state index in [1.54, 1.807) is 18.9 Å². The van der Waals surface area contributed by atoms with Crippen molar-refractivity contribution in [3.05, 3.63) is 66.1 Å². The Morgan fingerprint density at radius 3 is 2.91 bits per heavy atom. The number of nitrogens with zero attached hydrogens (tertiary/aromatic N) is 4. The smallest absolute Gasteiger partial charge is 0.155 e. The van der Waals surface area contributed by atoms with Crippen LogP contribution >= 0.6 is 0 Å². The van der Waals surface area contributed by atoms with Gasteiger partial charge in [0, 0.05) is 31.9 Å². The maximum atomic E-state index is 7.08. The second kappa shape index (κ2) is 8.74. The third kappa shape index (κ3) is 3.99. The van der Waals surface area contributed by atoms with Crippen LogP contribution in [0.2, 0.25) is 0 Å². The summed E-state index contributed by atoms with van der Waals surface area (Å²) in [6.07, 6.45) is 8.71. The predicted molar refractivity (Wildman–Crippen MR) is 131 cm³/mol. The lowest BCUT2D eigenvalue weighted by Gasteiger charge is -2.40. The Morgan fingerprint density at radius 1 is 1.18 bits per heavy atom. The summed E-state index contributed by atoms with van der Waals surface area (Å²) in [5.41, 5.74) is 9.55. The first kappa shape index (κ1) is 21.3. The van der Waals surface area contributed by atoms with Gasteiger partial charge in [0.25, 0.3) is 0 Å². The van der Waals surface area contributed by atoms with Gasteiger partial charge in [0.2, 0.25) is 0 Å². The van der Waals surface area contributed by atoms with E-state index < -0.39 is 5.66 Å². The van der Waals surface area contributed by atoms with Gasteiger partial charge in [-0.3, -0.25) is 0 Å². The lowest BCUT2D eigenvalue weighted by Crippen LogP contribution is -2.53. The number of aromatic nitrogens is 2. The molecule has 1 aromatic heterocycles. The molecule has 2 aromatic carbocycles. The number of rotatable bonds is 3. The summed E-state index contributed by atoms with van der Waals surface area (Å²) in [4.78, 5) is 10.7. The third-order valence-corrected chi connectivity index (χ3v) is 6.32. The molecule has 1 saturated heterocycles. The van der Waals surface area contributed by atoms with Crippen LogP contribution in [0.25, 0.3) is 11.0 Å². The van der Waals surface area contributed by atoms with Crippen molar-refractivity contribution < 1.29 is 4.74 Å². The van der Waals surface area contributed by atoms with Crippen LogP contribution in [0.1, 0.15) is 24.8 Å². The maximum absolute atomic E-state index is 7.08. The van der Waals surface area contributed by atoms with Crippen molar-refractivity contribution in [1.82, 2.24) is 19.8 Å². The maximum Gasteiger partial charge on any atom is 0.155 e. The zero-order valence-corrected chi connectivity index (χ0v) is 19.0. The van der Waals surface area contributed by atoms with Crippen LogP contribution in [0.4, 0.5) is 0 Å². The second-order valence-corrected chi connectivity index (χ2v) is 8.56. The Hall–Kier alpha value is -3.60. The van der Waals surface area contributed by atoms with Crippen LogP contribution in [0.15, 0.2) is 65.6 Å². The van der Waals surface area contributed by atoms with Gasteiger partial charge in [-0.1, -0.05) is 30.0 Å². The second-order valence-electron chi connectivity index (χ2n) is 8.56. The number of aliphatic imine (C=N–C) groups is 1. The zero-order valence-electron chi connectivity index (χ0n) is 19.0. The van der Waals surface area contributed by atoms with Gasteiger partial charge in [0.05, 0.1) is 35.3 Å². The topological polar surface area (TPSA) is 80.7 Å². The average Bonchev–Trinajstić information content (AvgIpc) is 3.21. The zero-order chi connectivity index (χ0) is 22.8. The fourth-order valence-electron chi connectivity index (χ4n) is 4.37. The molecule has 5 rings (SSSR count). The molecule has 0 bridgehead atoms. The van der Waals surface area contributed by atoms with Crippen LogP contribution in [-0.4, -0.2) is 40.4 Å². The van der Waals surface area contributed by atoms with Gasteiger partial charge < -0.3 is 25.3 Å². The first-order chi connectivity index (χ1) is 16.1. The summed E-state index contributed by atoms with van der Waals surface area (Å²) in [6, 6.07) is 13.9. The molecule has 3 heterocycles. The molecule has 2 aliphatic rings. The molecular formula is C26H28N6O. The molecule has 2 atom stereocenters. The van der Waals surface area contributed by atoms with Crippen molar-refractivity contribution in [3.63, 3.8) is 0 Å². The highest BCUT2D eigenvalue weighted by molar-refractivity contribution is 5.77. The summed E-state index contributed by atoms with van der Waals surface area (Å²) in [6.45, 7) is 1.00. The number of nitrogens with one attached hydrogen (secondary N) is 1. The summed E-state index contributed by atoms with van der Waals surface area (Å²) in [5.74, 6) is 8.06. The fraction of sp³-hybridized carbons (Fsp3) is 0.308. The molecule has 0 radical (unpaired) electrons. The third-order valence-electron chi connectivity index (χ3n) is 6.32. The van der Waals surface area contributed by atoms with E-state index in [1.807, 2.05) is 66.0 Å². The normalized spacial score (nSPS) is 22.6. The number of ether oxygens (including phenoxy) is 1. The van der Waals surface area contributed by atoms with Crippen molar-refractivity contribution >= 4 is 17.4 Å². The van der Waals surface area contributed by atoms with Gasteiger partial charge >= 0.3 is 0 Å². The average molecular weight is 441 g/mol. The van der Waals surface area contributed by atoms with Crippen molar-refractivity contribution in [2.45, 2.75) is 31.0 Å². The van der Waals surface area contributed by atoms with Crippen LogP contribution in [0.3, 0.4) is 0 Å². The van der Waals surface area contributed by atoms with E-state index in [0.29, 0.717) is 11.5 Å². The SMILES string of the molecule is CN1C=NC=C(C#CC2CCCCN2)C1(N)c1ccccc1Oc1ccc2c(c1)ncn2C. The Labute approximate surface area is 194 Å². The molecule has 0 spiro atoms. The van der Waals surface area contributed by atoms with E-state index in [4.69, 9.17) is 10.5 Å². The van der Waals surface area contributed by atoms with Gasteiger partial charge in [0.1, 0.15) is 11.5 Å². The van der Waals surface area contributed by atoms with E-state index in [0.717, 1.165) is 35.1 Å². The highest BCUT2D eigenvalue weighted by atomic mass is 16.5. The molecule has 7 heteroatoms. The molecule has 3 aromatic rings. The Morgan fingerprint density at radius 2 is 2.06 bits per heavy atom. The van der Waals surface area contributed by atoms with Gasteiger partial charge in [0.15, 0.2) is 5.66 Å². The summed E-state index contributed by atoms with van der Waals surface area (Å²) in [5, 5.41) is 3.47. The molecule has 7 nitrogen and oxygen atoms in total. The Balaban J connectivity index is 1.50. The minimum atomic E-state index is -1.00. The van der Waals surface area contributed by atoms with Crippen molar-refractivity contribution in [1.29, 1.82) is 0 Å². The molecule has 168 valence electrons. The van der Waals surface area contributed by atoms with E-state index in [9.17, 15) is 0 Å². The summed E-state index contributed by atoms with van der Waals surface area (Å²) >= 11 is 0. The number of nitrogens with two attached hydrogens (primary N) is 1. The largest absolute Gasteiger partial charge is 0.457 e. The number of piperidine rings is 1. The highest BCUT2D eigenvalue weighted by Crippen LogP contribution is 2.38. The van der Waals surface area contributed by atoms with E-state index in [1.165, 1.54) is 12.8 Å². The van der Waals surface area contributed by atoms with Crippen LogP contribution in [0, 0.1) is 11.8 Å². The highest BCUT2D eigenvalue weighted by Gasteiger charge is 2.39. The monoisotopic (exact) mass is 440 g/mol. The minimum Gasteiger partial charge on any atom is -0.457 e. The van der Waals surface area contributed by atoms with Gasteiger partial charge in [-0.05, 0) is 44.0 Å². The first-order valence-electron chi connectivity index (χ1n) is 11.2.